The maximum atomic E-state index is 2.46. The quantitative estimate of drug-likeness (QED) is 0.268. The summed E-state index contributed by atoms with van der Waals surface area (Å²) in [5.41, 5.74) is 0. The van der Waals surface area contributed by atoms with Crippen LogP contribution in [-0.4, -0.2) is 0 Å². The van der Waals surface area contributed by atoms with E-state index in [1.165, 1.54) is 83.5 Å². The number of hydrogen-bond donors (Lipinski definition) is 0. The van der Waals surface area contributed by atoms with E-state index in [1.54, 1.807) is 0 Å². The maximum Gasteiger partial charge on any atom is -0.0438 e. The van der Waals surface area contributed by atoms with Crippen molar-refractivity contribution in [2.75, 3.05) is 0 Å². The molecule has 0 aromatic carbocycles. The van der Waals surface area contributed by atoms with Crippen molar-refractivity contribution in [2.45, 2.75) is 118 Å². The van der Waals surface area contributed by atoms with E-state index in [4.69, 9.17) is 0 Å². The topological polar surface area (TPSA) is 0 Å². The van der Waals surface area contributed by atoms with E-state index in [1.807, 2.05) is 0 Å². The minimum atomic E-state index is 0.865. The average Bonchev–Trinajstić information content (AvgIpc) is 2.39. The number of hydrogen-bond acceptors (Lipinski definition) is 0. The third-order valence-electron chi connectivity index (χ3n) is 4.73. The molecule has 0 aromatic heterocycles. The van der Waals surface area contributed by atoms with Crippen LogP contribution in [0, 0.1) is 17.8 Å². The first-order chi connectivity index (χ1) is 10.1. The molecule has 2 unspecified atom stereocenters. The molecule has 0 amide bonds. The van der Waals surface area contributed by atoms with Crippen LogP contribution in [0.1, 0.15) is 118 Å². The van der Waals surface area contributed by atoms with Crippen LogP contribution < -0.4 is 0 Å². The van der Waals surface area contributed by atoms with Crippen LogP contribution in [0.4, 0.5) is 0 Å². The lowest BCUT2D eigenvalue weighted by atomic mass is 9.88. The van der Waals surface area contributed by atoms with Gasteiger partial charge in [-0.2, -0.15) is 0 Å². The molecule has 0 aliphatic heterocycles. The van der Waals surface area contributed by atoms with Gasteiger partial charge in [-0.25, -0.2) is 0 Å². The lowest BCUT2D eigenvalue weighted by molar-refractivity contribution is 0.336. The molecule has 2 atom stereocenters. The molecule has 0 saturated carbocycles. The van der Waals surface area contributed by atoms with Gasteiger partial charge in [-0.3, -0.25) is 0 Å². The van der Waals surface area contributed by atoms with Crippen LogP contribution in [-0.2, 0) is 0 Å². The molecule has 0 rings (SSSR count). The van der Waals surface area contributed by atoms with E-state index < -0.39 is 0 Å². The highest BCUT2D eigenvalue weighted by Crippen LogP contribution is 2.23. The fourth-order valence-electron chi connectivity index (χ4n) is 3.69. The zero-order chi connectivity index (χ0) is 15.9. The van der Waals surface area contributed by atoms with Crippen LogP contribution in [0.25, 0.3) is 0 Å². The van der Waals surface area contributed by atoms with Gasteiger partial charge in [0.2, 0.25) is 0 Å². The Morgan fingerprint density at radius 3 is 1.48 bits per heavy atom. The smallest absolute Gasteiger partial charge is 0.0438 e. The maximum absolute atomic E-state index is 2.46. The third kappa shape index (κ3) is 16.2. The fraction of sp³-hybridized carbons (Fsp3) is 1.00. The summed E-state index contributed by atoms with van der Waals surface area (Å²) in [4.78, 5) is 0. The van der Waals surface area contributed by atoms with Crippen molar-refractivity contribution in [3.8, 4) is 0 Å². The highest BCUT2D eigenvalue weighted by molar-refractivity contribution is 4.62. The van der Waals surface area contributed by atoms with Gasteiger partial charge in [0.15, 0.2) is 0 Å². The summed E-state index contributed by atoms with van der Waals surface area (Å²) in [6.07, 6.45) is 18.9. The Morgan fingerprint density at radius 2 is 1.00 bits per heavy atom. The Morgan fingerprint density at radius 1 is 0.524 bits per heavy atom. The molecule has 0 saturated heterocycles. The minimum absolute atomic E-state index is 0.865. The highest BCUT2D eigenvalue weighted by Gasteiger charge is 2.10. The second-order valence-corrected chi connectivity index (χ2v) is 8.05. The van der Waals surface area contributed by atoms with Crippen molar-refractivity contribution < 1.29 is 0 Å². The molecule has 0 radical (unpaired) electrons. The summed E-state index contributed by atoms with van der Waals surface area (Å²) in [6.45, 7) is 11.9. The standard InChI is InChI=1S/C21H44/c1-6-7-8-9-10-11-12-13-14-15-16-20(4)18-21(5)17-19(2)3/h19-21H,6-18H2,1-5H3. The van der Waals surface area contributed by atoms with Gasteiger partial charge in [-0.1, -0.05) is 105 Å². The van der Waals surface area contributed by atoms with Crippen LogP contribution >= 0.6 is 0 Å². The summed E-state index contributed by atoms with van der Waals surface area (Å²) in [6, 6.07) is 0. The van der Waals surface area contributed by atoms with E-state index in [0.717, 1.165) is 17.8 Å². The van der Waals surface area contributed by atoms with E-state index in [2.05, 4.69) is 34.6 Å². The first-order valence-corrected chi connectivity index (χ1v) is 10.1. The monoisotopic (exact) mass is 296 g/mol. The molecule has 0 spiro atoms. The lowest BCUT2D eigenvalue weighted by Crippen LogP contribution is -2.06. The molecule has 0 heteroatoms. The summed E-state index contributed by atoms with van der Waals surface area (Å²) in [5.74, 6) is 2.72. The molecule has 128 valence electrons. The molecular weight excluding hydrogens is 252 g/mol. The fourth-order valence-corrected chi connectivity index (χ4v) is 3.69. The van der Waals surface area contributed by atoms with Crippen molar-refractivity contribution in [3.63, 3.8) is 0 Å². The largest absolute Gasteiger partial charge is 0.0654 e. The molecule has 0 bridgehead atoms. The average molecular weight is 297 g/mol. The predicted molar refractivity (Wildman–Crippen MR) is 98.9 cm³/mol. The Balaban J connectivity index is 3.26. The molecule has 0 aliphatic rings. The molecule has 0 fully saturated rings. The van der Waals surface area contributed by atoms with E-state index in [9.17, 15) is 0 Å². The van der Waals surface area contributed by atoms with E-state index in [-0.39, 0.29) is 0 Å². The Hall–Kier alpha value is 0. The SMILES string of the molecule is CCCCCCCCCCCCC(C)CC(C)CC(C)C. The lowest BCUT2D eigenvalue weighted by Gasteiger charge is -2.18. The summed E-state index contributed by atoms with van der Waals surface area (Å²) >= 11 is 0. The highest BCUT2D eigenvalue weighted by atomic mass is 14.2. The summed E-state index contributed by atoms with van der Waals surface area (Å²) < 4.78 is 0. The van der Waals surface area contributed by atoms with Gasteiger partial charge in [-0.15, -0.1) is 0 Å². The van der Waals surface area contributed by atoms with Crippen LogP contribution in [0.5, 0.6) is 0 Å². The van der Waals surface area contributed by atoms with Gasteiger partial charge >= 0.3 is 0 Å². The van der Waals surface area contributed by atoms with Crippen molar-refractivity contribution in [1.82, 2.24) is 0 Å². The van der Waals surface area contributed by atoms with Crippen molar-refractivity contribution in [3.05, 3.63) is 0 Å². The molecule has 0 N–H and O–H groups in total. The van der Waals surface area contributed by atoms with Crippen LogP contribution in [0.15, 0.2) is 0 Å². The van der Waals surface area contributed by atoms with Crippen LogP contribution in [0.3, 0.4) is 0 Å². The molecule has 0 heterocycles. The predicted octanol–water partition coefficient (Wildman–Crippen LogP) is 8.01. The summed E-state index contributed by atoms with van der Waals surface area (Å²) in [7, 11) is 0. The van der Waals surface area contributed by atoms with E-state index >= 15 is 0 Å². The molecule has 0 aliphatic carbocycles. The van der Waals surface area contributed by atoms with Gasteiger partial charge in [0.1, 0.15) is 0 Å². The molecular formula is C21H44. The molecule has 21 heavy (non-hydrogen) atoms. The molecule has 0 nitrogen and oxygen atoms in total. The first kappa shape index (κ1) is 21.0. The Labute approximate surface area is 136 Å². The van der Waals surface area contributed by atoms with Gasteiger partial charge in [0, 0.05) is 0 Å². The Bertz CT molecular complexity index is 194. The van der Waals surface area contributed by atoms with Crippen molar-refractivity contribution in [1.29, 1.82) is 0 Å². The third-order valence-corrected chi connectivity index (χ3v) is 4.73. The van der Waals surface area contributed by atoms with Gasteiger partial charge in [0.25, 0.3) is 0 Å². The minimum Gasteiger partial charge on any atom is -0.0654 e. The first-order valence-electron chi connectivity index (χ1n) is 10.1. The zero-order valence-corrected chi connectivity index (χ0v) is 15.9. The van der Waals surface area contributed by atoms with E-state index in [0.29, 0.717) is 0 Å². The van der Waals surface area contributed by atoms with Gasteiger partial charge in [-0.05, 0) is 30.6 Å². The van der Waals surface area contributed by atoms with Crippen molar-refractivity contribution in [2.24, 2.45) is 17.8 Å². The molecule has 0 aromatic rings. The number of unbranched alkanes of at least 4 members (excludes halogenated alkanes) is 9. The second-order valence-electron chi connectivity index (χ2n) is 8.05. The zero-order valence-electron chi connectivity index (χ0n) is 15.9. The van der Waals surface area contributed by atoms with Gasteiger partial charge in [0.05, 0.1) is 0 Å². The Kier molecular flexibility index (Phi) is 14.9. The number of rotatable bonds is 15. The normalized spacial score (nSPS) is 14.6. The van der Waals surface area contributed by atoms with Crippen LogP contribution in [0.2, 0.25) is 0 Å². The van der Waals surface area contributed by atoms with Crippen molar-refractivity contribution >= 4 is 0 Å². The van der Waals surface area contributed by atoms with Gasteiger partial charge < -0.3 is 0 Å². The summed E-state index contributed by atoms with van der Waals surface area (Å²) in [5, 5.41) is 0. The second kappa shape index (κ2) is 14.9.